The first-order chi connectivity index (χ1) is 30.8. The van der Waals surface area contributed by atoms with Gasteiger partial charge in [0.15, 0.2) is 6.10 Å². The van der Waals surface area contributed by atoms with E-state index < -0.39 is 32.5 Å². The lowest BCUT2D eigenvalue weighted by molar-refractivity contribution is -0.161. The minimum atomic E-state index is -4.76. The van der Waals surface area contributed by atoms with Gasteiger partial charge in [0.05, 0.1) is 6.61 Å². The fraction of sp³-hybridized carbons (Fsp3) is 0.963. The molecule has 0 aliphatic rings. The molecular weight excluding hydrogens is 808 g/mol. The van der Waals surface area contributed by atoms with Crippen LogP contribution in [0.15, 0.2) is 0 Å². The first-order valence-electron chi connectivity index (χ1n) is 27.8. The Hall–Kier alpha value is -0.950. The summed E-state index contributed by atoms with van der Waals surface area (Å²) in [6.07, 6.45) is 58.5. The number of rotatable bonds is 53. The molecule has 0 aromatic carbocycles. The van der Waals surface area contributed by atoms with Gasteiger partial charge in [0.1, 0.15) is 6.61 Å². The van der Waals surface area contributed by atoms with Crippen LogP contribution in [-0.2, 0) is 28.2 Å². The molecule has 0 saturated carbocycles. The number of phosphoric ester groups is 1. The maximum atomic E-state index is 12.5. The van der Waals surface area contributed by atoms with E-state index in [1.54, 1.807) is 0 Å². The van der Waals surface area contributed by atoms with Crippen LogP contribution in [0.25, 0.3) is 0 Å². The van der Waals surface area contributed by atoms with E-state index in [4.69, 9.17) is 19.3 Å². The van der Waals surface area contributed by atoms with E-state index in [1.165, 1.54) is 250 Å². The smallest absolute Gasteiger partial charge is 0.462 e. The Balaban J connectivity index is 3.71. The Morgan fingerprint density at radius 2 is 0.571 bits per heavy atom. The van der Waals surface area contributed by atoms with Gasteiger partial charge in [-0.1, -0.05) is 290 Å². The van der Waals surface area contributed by atoms with Crippen molar-refractivity contribution in [3.8, 4) is 0 Å². The SMILES string of the molecule is CCCCCCCCCCCCCCCCCCCCCCCCCC(=O)OC[C@H](COP(=O)(O)O)OC(=O)CCCCCCCCCCCCCCCCCCCCCCCC. The second kappa shape index (κ2) is 50.5. The van der Waals surface area contributed by atoms with Crippen molar-refractivity contribution in [2.75, 3.05) is 13.2 Å². The van der Waals surface area contributed by atoms with Gasteiger partial charge in [0, 0.05) is 12.8 Å². The number of phosphoric acid groups is 1. The molecule has 0 aliphatic carbocycles. The standard InChI is InChI=1S/C54H107O8P/c1-3-5-7-9-11-13-15-17-19-21-23-25-27-29-30-32-34-36-38-40-42-44-46-48-53(55)60-50-52(51-61-63(57,58)59)62-54(56)49-47-45-43-41-39-37-35-33-31-28-26-24-22-20-18-16-14-12-10-8-6-4-2/h52H,3-51H2,1-2H3,(H2,57,58,59)/t52-/m1/s1. The van der Waals surface area contributed by atoms with Crippen LogP contribution < -0.4 is 0 Å². The Labute approximate surface area is 391 Å². The van der Waals surface area contributed by atoms with Crippen molar-refractivity contribution in [1.82, 2.24) is 0 Å². The number of unbranched alkanes of at least 4 members (excludes halogenated alkanes) is 43. The second-order valence-corrected chi connectivity index (χ2v) is 20.5. The molecule has 0 aliphatic heterocycles. The van der Waals surface area contributed by atoms with Crippen molar-refractivity contribution in [3.05, 3.63) is 0 Å². The molecule has 0 aromatic rings. The summed E-state index contributed by atoms with van der Waals surface area (Å²) < 4.78 is 26.6. The molecule has 0 bridgehead atoms. The summed E-state index contributed by atoms with van der Waals surface area (Å²) in [6, 6.07) is 0. The van der Waals surface area contributed by atoms with Crippen molar-refractivity contribution in [2.24, 2.45) is 0 Å². The fourth-order valence-corrected chi connectivity index (χ4v) is 9.09. The molecule has 0 amide bonds. The van der Waals surface area contributed by atoms with E-state index >= 15 is 0 Å². The molecule has 376 valence electrons. The monoisotopic (exact) mass is 915 g/mol. The average molecular weight is 915 g/mol. The van der Waals surface area contributed by atoms with E-state index in [9.17, 15) is 14.2 Å². The molecule has 63 heavy (non-hydrogen) atoms. The Morgan fingerprint density at radius 1 is 0.349 bits per heavy atom. The highest BCUT2D eigenvalue weighted by Crippen LogP contribution is 2.36. The summed E-state index contributed by atoms with van der Waals surface area (Å²) in [4.78, 5) is 43.2. The zero-order chi connectivity index (χ0) is 46.0. The number of carbonyl (C=O) groups is 2. The third-order valence-electron chi connectivity index (χ3n) is 12.9. The van der Waals surface area contributed by atoms with Crippen LogP contribution in [0, 0.1) is 0 Å². The normalized spacial score (nSPS) is 12.3. The zero-order valence-electron chi connectivity index (χ0n) is 42.0. The predicted octanol–water partition coefficient (Wildman–Crippen LogP) is 17.9. The molecule has 0 spiro atoms. The average Bonchev–Trinajstić information content (AvgIpc) is 3.26. The van der Waals surface area contributed by atoms with Crippen LogP contribution in [0.5, 0.6) is 0 Å². The summed E-state index contributed by atoms with van der Waals surface area (Å²) in [7, 11) is -4.76. The van der Waals surface area contributed by atoms with E-state index in [-0.39, 0.29) is 19.4 Å². The van der Waals surface area contributed by atoms with E-state index in [2.05, 4.69) is 18.4 Å². The maximum absolute atomic E-state index is 12.5. The molecule has 0 aromatic heterocycles. The van der Waals surface area contributed by atoms with E-state index in [0.717, 1.165) is 32.1 Å². The number of esters is 2. The van der Waals surface area contributed by atoms with Gasteiger partial charge >= 0.3 is 19.8 Å². The topological polar surface area (TPSA) is 119 Å². The zero-order valence-corrected chi connectivity index (χ0v) is 42.9. The minimum Gasteiger partial charge on any atom is -0.462 e. The van der Waals surface area contributed by atoms with Gasteiger partial charge in [-0.2, -0.15) is 0 Å². The highest BCUT2D eigenvalue weighted by molar-refractivity contribution is 7.46. The first kappa shape index (κ1) is 62.1. The lowest BCUT2D eigenvalue weighted by atomic mass is 10.0. The molecule has 0 fully saturated rings. The molecule has 0 unspecified atom stereocenters. The molecule has 0 radical (unpaired) electrons. The third-order valence-corrected chi connectivity index (χ3v) is 13.4. The first-order valence-corrected chi connectivity index (χ1v) is 29.4. The summed E-state index contributed by atoms with van der Waals surface area (Å²) in [5.74, 6) is -0.858. The van der Waals surface area contributed by atoms with Gasteiger partial charge in [-0.25, -0.2) is 4.57 Å². The lowest BCUT2D eigenvalue weighted by Gasteiger charge is -2.18. The molecule has 0 saturated heterocycles. The van der Waals surface area contributed by atoms with Crippen LogP contribution in [0.3, 0.4) is 0 Å². The van der Waals surface area contributed by atoms with Crippen LogP contribution in [-0.4, -0.2) is 41.0 Å². The Morgan fingerprint density at radius 3 is 0.810 bits per heavy atom. The molecule has 0 rings (SSSR count). The highest BCUT2D eigenvalue weighted by atomic mass is 31.2. The van der Waals surface area contributed by atoms with Gasteiger partial charge < -0.3 is 19.3 Å². The van der Waals surface area contributed by atoms with Crippen molar-refractivity contribution in [1.29, 1.82) is 0 Å². The second-order valence-electron chi connectivity index (χ2n) is 19.3. The van der Waals surface area contributed by atoms with Crippen molar-refractivity contribution in [2.45, 2.75) is 322 Å². The molecule has 0 heterocycles. The van der Waals surface area contributed by atoms with Crippen molar-refractivity contribution < 1.29 is 37.9 Å². The summed E-state index contributed by atoms with van der Waals surface area (Å²) in [5.41, 5.74) is 0. The van der Waals surface area contributed by atoms with Crippen molar-refractivity contribution >= 4 is 19.8 Å². The third kappa shape index (κ3) is 53.5. The van der Waals surface area contributed by atoms with Gasteiger partial charge in [0.2, 0.25) is 0 Å². The summed E-state index contributed by atoms with van der Waals surface area (Å²) in [6.45, 7) is 3.77. The van der Waals surface area contributed by atoms with E-state index in [0.29, 0.717) is 6.42 Å². The van der Waals surface area contributed by atoms with Gasteiger partial charge in [0.25, 0.3) is 0 Å². The van der Waals surface area contributed by atoms with Crippen LogP contribution in [0.2, 0.25) is 0 Å². The number of ether oxygens (including phenoxy) is 2. The van der Waals surface area contributed by atoms with Crippen LogP contribution in [0.1, 0.15) is 316 Å². The number of hydrogen-bond donors (Lipinski definition) is 2. The molecule has 8 nitrogen and oxygen atoms in total. The molecular formula is C54H107O8P. The van der Waals surface area contributed by atoms with E-state index in [1.807, 2.05) is 0 Å². The van der Waals surface area contributed by atoms with Crippen LogP contribution in [0.4, 0.5) is 0 Å². The predicted molar refractivity (Wildman–Crippen MR) is 267 cm³/mol. The molecule has 2 N–H and O–H groups in total. The van der Waals surface area contributed by atoms with Crippen LogP contribution >= 0.6 is 7.82 Å². The summed E-state index contributed by atoms with van der Waals surface area (Å²) >= 11 is 0. The Kier molecular flexibility index (Phi) is 49.7. The fourth-order valence-electron chi connectivity index (χ4n) is 8.73. The maximum Gasteiger partial charge on any atom is 0.469 e. The number of carbonyl (C=O) groups excluding carboxylic acids is 2. The number of hydrogen-bond acceptors (Lipinski definition) is 6. The Bertz CT molecular complexity index is 987. The van der Waals surface area contributed by atoms with Gasteiger partial charge in [-0.15, -0.1) is 0 Å². The quantitative estimate of drug-likeness (QED) is 0.0352. The largest absolute Gasteiger partial charge is 0.469 e. The van der Waals surface area contributed by atoms with Crippen molar-refractivity contribution in [3.63, 3.8) is 0 Å². The molecule has 9 heteroatoms. The highest BCUT2D eigenvalue weighted by Gasteiger charge is 2.23. The van der Waals surface area contributed by atoms with Gasteiger partial charge in [-0.05, 0) is 12.8 Å². The lowest BCUT2D eigenvalue weighted by Crippen LogP contribution is -2.29. The summed E-state index contributed by atoms with van der Waals surface area (Å²) in [5, 5.41) is 0. The molecule has 1 atom stereocenters. The minimum absolute atomic E-state index is 0.221. The van der Waals surface area contributed by atoms with Gasteiger partial charge in [-0.3, -0.25) is 14.1 Å².